The Morgan fingerprint density at radius 2 is 2.21 bits per heavy atom. The zero-order valence-electron chi connectivity index (χ0n) is 10.8. The van der Waals surface area contributed by atoms with Gasteiger partial charge >= 0.3 is 0 Å². The molecule has 1 heterocycles. The first kappa shape index (κ1) is 14.7. The molecule has 4 nitrogen and oxygen atoms in total. The highest BCUT2D eigenvalue weighted by Crippen LogP contribution is 2.18. The second kappa shape index (κ2) is 7.21. The van der Waals surface area contributed by atoms with E-state index < -0.39 is 0 Å². The molecule has 1 unspecified atom stereocenters. The van der Waals surface area contributed by atoms with Gasteiger partial charge in [0, 0.05) is 9.61 Å². The number of rotatable bonds is 4. The van der Waals surface area contributed by atoms with E-state index >= 15 is 0 Å². The topological polar surface area (TPSA) is 52.6 Å². The van der Waals surface area contributed by atoms with Crippen LogP contribution in [0, 0.1) is 3.57 Å². The molecule has 0 bridgehead atoms. The first-order valence-corrected chi connectivity index (χ1v) is 7.68. The van der Waals surface area contributed by atoms with Crippen LogP contribution in [0.15, 0.2) is 24.3 Å². The summed E-state index contributed by atoms with van der Waals surface area (Å²) in [7, 11) is 0. The van der Waals surface area contributed by atoms with Crippen molar-refractivity contribution >= 4 is 34.2 Å². The third-order valence-corrected chi connectivity index (χ3v) is 4.40. The van der Waals surface area contributed by atoms with Crippen LogP contribution in [0.25, 0.3) is 0 Å². The number of para-hydroxylation sites is 1. The summed E-state index contributed by atoms with van der Waals surface area (Å²) in [6, 6.07) is 7.86. The van der Waals surface area contributed by atoms with Crippen LogP contribution in [0.5, 0.6) is 0 Å². The van der Waals surface area contributed by atoms with Crippen molar-refractivity contribution in [2.45, 2.75) is 25.3 Å². The van der Waals surface area contributed by atoms with Crippen molar-refractivity contribution in [3.05, 3.63) is 27.8 Å². The molecular formula is C14H19IN2O2. The Kier molecular flexibility index (Phi) is 5.59. The Balaban J connectivity index is 1.92. The van der Waals surface area contributed by atoms with E-state index in [0.29, 0.717) is 6.54 Å². The van der Waals surface area contributed by atoms with Crippen molar-refractivity contribution in [3.63, 3.8) is 0 Å². The number of aliphatic hydroxyl groups is 1. The quantitative estimate of drug-likeness (QED) is 0.794. The van der Waals surface area contributed by atoms with E-state index in [-0.39, 0.29) is 18.6 Å². The lowest BCUT2D eigenvalue weighted by Crippen LogP contribution is -2.45. The number of hydrogen-bond acceptors (Lipinski definition) is 3. The monoisotopic (exact) mass is 374 g/mol. The number of hydrogen-bond donors (Lipinski definition) is 2. The summed E-state index contributed by atoms with van der Waals surface area (Å²) in [5.41, 5.74) is 0.852. The molecule has 1 amide bonds. The second-order valence-corrected chi connectivity index (χ2v) is 5.99. The molecule has 19 heavy (non-hydrogen) atoms. The van der Waals surface area contributed by atoms with Crippen LogP contribution in [0.3, 0.4) is 0 Å². The maximum Gasteiger partial charge on any atom is 0.238 e. The Bertz CT molecular complexity index is 439. The lowest BCUT2D eigenvalue weighted by atomic mass is 10.0. The van der Waals surface area contributed by atoms with Gasteiger partial charge in [0.1, 0.15) is 0 Å². The number of nitrogens with zero attached hydrogens (tertiary/aromatic N) is 1. The zero-order chi connectivity index (χ0) is 13.7. The van der Waals surface area contributed by atoms with Gasteiger partial charge in [-0.2, -0.15) is 0 Å². The molecule has 0 aliphatic carbocycles. The van der Waals surface area contributed by atoms with E-state index in [0.717, 1.165) is 35.1 Å². The summed E-state index contributed by atoms with van der Waals surface area (Å²) >= 11 is 2.21. The Morgan fingerprint density at radius 3 is 2.95 bits per heavy atom. The second-order valence-electron chi connectivity index (χ2n) is 4.83. The largest absolute Gasteiger partial charge is 0.395 e. The summed E-state index contributed by atoms with van der Waals surface area (Å²) in [5, 5.41) is 12.3. The minimum atomic E-state index is -0.00975. The smallest absolute Gasteiger partial charge is 0.238 e. The van der Waals surface area contributed by atoms with E-state index in [1.54, 1.807) is 0 Å². The van der Waals surface area contributed by atoms with Crippen LogP contribution in [-0.2, 0) is 4.79 Å². The van der Waals surface area contributed by atoms with Gasteiger partial charge in [0.2, 0.25) is 5.91 Å². The summed E-state index contributed by atoms with van der Waals surface area (Å²) in [5.74, 6) is -0.00975. The Labute approximate surface area is 127 Å². The van der Waals surface area contributed by atoms with Gasteiger partial charge in [-0.1, -0.05) is 18.6 Å². The lowest BCUT2D eigenvalue weighted by Gasteiger charge is -2.33. The fraction of sp³-hybridized carbons (Fsp3) is 0.500. The molecule has 1 aromatic rings. The number of amides is 1. The Morgan fingerprint density at radius 1 is 1.42 bits per heavy atom. The highest BCUT2D eigenvalue weighted by Gasteiger charge is 2.23. The summed E-state index contributed by atoms with van der Waals surface area (Å²) < 4.78 is 1.03. The van der Waals surface area contributed by atoms with E-state index in [4.69, 9.17) is 0 Å². The van der Waals surface area contributed by atoms with E-state index in [9.17, 15) is 9.90 Å². The molecule has 1 fully saturated rings. The van der Waals surface area contributed by atoms with E-state index in [2.05, 4.69) is 32.8 Å². The number of halogens is 1. The molecular weight excluding hydrogens is 355 g/mol. The minimum Gasteiger partial charge on any atom is -0.395 e. The number of anilines is 1. The van der Waals surface area contributed by atoms with Crippen molar-refractivity contribution in [2.75, 3.05) is 25.0 Å². The van der Waals surface area contributed by atoms with Crippen LogP contribution in [-0.4, -0.2) is 41.7 Å². The van der Waals surface area contributed by atoms with Gasteiger partial charge in [-0.25, -0.2) is 0 Å². The van der Waals surface area contributed by atoms with Gasteiger partial charge in [0.25, 0.3) is 0 Å². The SMILES string of the molecule is O=C(CN1CCCCC1CO)Nc1ccccc1I. The molecule has 5 heteroatoms. The summed E-state index contributed by atoms with van der Waals surface area (Å²) in [6.07, 6.45) is 3.22. The van der Waals surface area contributed by atoms with Gasteiger partial charge in [-0.3, -0.25) is 9.69 Å². The average Bonchev–Trinajstić information content (AvgIpc) is 2.42. The number of carbonyl (C=O) groups excluding carboxylic acids is 1. The number of piperidine rings is 1. The van der Waals surface area contributed by atoms with Crippen LogP contribution in [0.1, 0.15) is 19.3 Å². The first-order chi connectivity index (χ1) is 9.20. The average molecular weight is 374 g/mol. The number of aliphatic hydroxyl groups excluding tert-OH is 1. The molecule has 1 saturated heterocycles. The Hall–Kier alpha value is -0.660. The van der Waals surface area contributed by atoms with Crippen LogP contribution in [0.2, 0.25) is 0 Å². The van der Waals surface area contributed by atoms with E-state index in [1.165, 1.54) is 0 Å². The standard InChI is InChI=1S/C14H19IN2O2/c15-12-6-1-2-7-13(12)16-14(19)9-17-8-4-3-5-11(17)10-18/h1-2,6-7,11,18H,3-5,8-10H2,(H,16,19). The molecule has 2 N–H and O–H groups in total. The third-order valence-electron chi connectivity index (χ3n) is 3.45. The van der Waals surface area contributed by atoms with E-state index in [1.807, 2.05) is 24.3 Å². The minimum absolute atomic E-state index is 0.00975. The molecule has 2 rings (SSSR count). The van der Waals surface area contributed by atoms with Crippen molar-refractivity contribution in [1.29, 1.82) is 0 Å². The summed E-state index contributed by atoms with van der Waals surface area (Å²) in [4.78, 5) is 14.1. The maximum atomic E-state index is 12.1. The number of nitrogens with one attached hydrogen (secondary N) is 1. The molecule has 1 aliphatic heterocycles. The van der Waals surface area contributed by atoms with Gasteiger partial charge in [-0.05, 0) is 54.1 Å². The predicted octanol–water partition coefficient (Wildman–Crippen LogP) is 2.08. The molecule has 0 radical (unpaired) electrons. The van der Waals surface area contributed by atoms with Gasteiger partial charge in [-0.15, -0.1) is 0 Å². The highest BCUT2D eigenvalue weighted by atomic mass is 127. The van der Waals surface area contributed by atoms with Crippen molar-refractivity contribution < 1.29 is 9.90 Å². The fourth-order valence-electron chi connectivity index (χ4n) is 2.41. The molecule has 104 valence electrons. The van der Waals surface area contributed by atoms with Crippen molar-refractivity contribution in [2.24, 2.45) is 0 Å². The molecule has 1 aromatic carbocycles. The molecule has 0 aromatic heterocycles. The lowest BCUT2D eigenvalue weighted by molar-refractivity contribution is -0.118. The van der Waals surface area contributed by atoms with Crippen molar-refractivity contribution in [1.82, 2.24) is 4.90 Å². The zero-order valence-corrected chi connectivity index (χ0v) is 13.0. The molecule has 1 atom stereocenters. The molecule has 0 saturated carbocycles. The molecule has 0 spiro atoms. The molecule has 1 aliphatic rings. The van der Waals surface area contributed by atoms with Gasteiger partial charge < -0.3 is 10.4 Å². The fourth-order valence-corrected chi connectivity index (χ4v) is 2.93. The summed E-state index contributed by atoms with van der Waals surface area (Å²) in [6.45, 7) is 1.39. The third kappa shape index (κ3) is 4.15. The van der Waals surface area contributed by atoms with Crippen LogP contribution in [0.4, 0.5) is 5.69 Å². The van der Waals surface area contributed by atoms with Crippen LogP contribution >= 0.6 is 22.6 Å². The van der Waals surface area contributed by atoms with Crippen molar-refractivity contribution in [3.8, 4) is 0 Å². The normalized spacial score (nSPS) is 20.2. The first-order valence-electron chi connectivity index (χ1n) is 6.60. The van der Waals surface area contributed by atoms with Gasteiger partial charge in [0.15, 0.2) is 0 Å². The number of carbonyl (C=O) groups is 1. The maximum absolute atomic E-state index is 12.1. The van der Waals surface area contributed by atoms with Gasteiger partial charge in [0.05, 0.1) is 18.8 Å². The number of benzene rings is 1. The highest BCUT2D eigenvalue weighted by molar-refractivity contribution is 14.1. The predicted molar refractivity (Wildman–Crippen MR) is 84.1 cm³/mol. The number of likely N-dealkylation sites (tertiary alicyclic amines) is 1. The van der Waals surface area contributed by atoms with Crippen LogP contribution < -0.4 is 5.32 Å².